The molecule has 1 aromatic heterocycles. The van der Waals surface area contributed by atoms with Crippen LogP contribution in [0.25, 0.3) is 0 Å². The summed E-state index contributed by atoms with van der Waals surface area (Å²) in [5.74, 6) is 0.471. The Morgan fingerprint density at radius 2 is 2.25 bits per heavy atom. The number of halogens is 2. The maximum atomic E-state index is 13.1. The molecule has 2 rings (SSSR count). The van der Waals surface area contributed by atoms with Gasteiger partial charge >= 0.3 is 0 Å². The Morgan fingerprint density at radius 3 is 2.85 bits per heavy atom. The van der Waals surface area contributed by atoms with Crippen LogP contribution < -0.4 is 5.73 Å². The lowest BCUT2D eigenvalue weighted by molar-refractivity contribution is 0.624. The van der Waals surface area contributed by atoms with E-state index in [9.17, 15) is 4.39 Å². The number of hydrogen-bond donors (Lipinski definition) is 1. The third-order valence-electron chi connectivity index (χ3n) is 2.98. The van der Waals surface area contributed by atoms with Gasteiger partial charge in [-0.1, -0.05) is 17.7 Å². The smallest absolute Gasteiger partial charge is 0.124 e. The molecular formula is C14H17ClFN3S. The molecule has 0 saturated carbocycles. The van der Waals surface area contributed by atoms with Crippen LogP contribution in [0.2, 0.25) is 5.02 Å². The van der Waals surface area contributed by atoms with E-state index >= 15 is 0 Å². The van der Waals surface area contributed by atoms with Crippen LogP contribution in [0, 0.1) is 12.7 Å². The molecule has 0 bridgehead atoms. The first-order chi connectivity index (χ1) is 9.47. The molecule has 0 amide bonds. The Bertz CT molecular complexity index is 600. The summed E-state index contributed by atoms with van der Waals surface area (Å²) in [5.41, 5.74) is 7.88. The van der Waals surface area contributed by atoms with Gasteiger partial charge < -0.3 is 5.73 Å². The third-order valence-corrected chi connectivity index (χ3v) is 4.65. The summed E-state index contributed by atoms with van der Waals surface area (Å²) in [7, 11) is 1.86. The topological polar surface area (TPSA) is 43.8 Å². The summed E-state index contributed by atoms with van der Waals surface area (Å²) >= 11 is 7.74. The summed E-state index contributed by atoms with van der Waals surface area (Å²) in [4.78, 5) is 0.882. The Balaban J connectivity index is 1.94. The Kier molecular flexibility index (Phi) is 5.07. The summed E-state index contributed by atoms with van der Waals surface area (Å²) in [6.07, 6.45) is 0.651. The first-order valence-corrected chi connectivity index (χ1v) is 7.65. The van der Waals surface area contributed by atoms with Gasteiger partial charge in [-0.05, 0) is 25.1 Å². The van der Waals surface area contributed by atoms with E-state index in [4.69, 9.17) is 17.3 Å². The molecule has 0 radical (unpaired) electrons. The number of rotatable bonds is 5. The minimum absolute atomic E-state index is 0.0597. The number of nitrogens with two attached hydrogens (primary N) is 1. The van der Waals surface area contributed by atoms with E-state index in [1.54, 1.807) is 22.5 Å². The number of nitrogens with zero attached hydrogens (tertiary/aromatic N) is 2. The lowest BCUT2D eigenvalue weighted by atomic mass is 10.2. The van der Waals surface area contributed by atoms with Crippen LogP contribution in [-0.2, 0) is 13.5 Å². The van der Waals surface area contributed by atoms with E-state index in [1.165, 1.54) is 12.1 Å². The van der Waals surface area contributed by atoms with Crippen LogP contribution in [0.5, 0.6) is 0 Å². The highest BCUT2D eigenvalue weighted by molar-refractivity contribution is 7.99. The molecule has 0 aliphatic carbocycles. The molecule has 0 aliphatic rings. The fourth-order valence-corrected chi connectivity index (χ4v) is 3.10. The lowest BCUT2D eigenvalue weighted by Crippen LogP contribution is -2.26. The Hall–Kier alpha value is -1.04. The van der Waals surface area contributed by atoms with Gasteiger partial charge in [0, 0.05) is 30.2 Å². The maximum Gasteiger partial charge on any atom is 0.124 e. The SMILES string of the molecule is Cc1nn(C)c(CC(N)CSc2cccc(F)c2)c1Cl. The number of thioether (sulfide) groups is 1. The minimum atomic E-state index is -0.228. The van der Waals surface area contributed by atoms with Crippen LogP contribution in [0.1, 0.15) is 11.4 Å². The van der Waals surface area contributed by atoms with Crippen molar-refractivity contribution in [2.75, 3.05) is 5.75 Å². The van der Waals surface area contributed by atoms with Crippen LogP contribution in [0.3, 0.4) is 0 Å². The van der Waals surface area contributed by atoms with Gasteiger partial charge in [-0.25, -0.2) is 4.39 Å². The van der Waals surface area contributed by atoms with E-state index < -0.39 is 0 Å². The molecule has 20 heavy (non-hydrogen) atoms. The number of hydrogen-bond acceptors (Lipinski definition) is 3. The quantitative estimate of drug-likeness (QED) is 0.862. The van der Waals surface area contributed by atoms with Gasteiger partial charge in [0.05, 0.1) is 16.4 Å². The predicted octanol–water partition coefficient (Wildman–Crippen LogP) is 3.18. The fraction of sp³-hybridized carbons (Fsp3) is 0.357. The minimum Gasteiger partial charge on any atom is -0.327 e. The molecule has 0 spiro atoms. The summed E-state index contributed by atoms with van der Waals surface area (Å²) < 4.78 is 14.8. The van der Waals surface area contributed by atoms with Crippen molar-refractivity contribution in [1.82, 2.24) is 9.78 Å². The molecule has 2 aromatic rings. The van der Waals surface area contributed by atoms with Crippen molar-refractivity contribution < 1.29 is 4.39 Å². The summed E-state index contributed by atoms with van der Waals surface area (Å²) in [6.45, 7) is 1.87. The van der Waals surface area contributed by atoms with Crippen molar-refractivity contribution in [2.24, 2.45) is 12.8 Å². The van der Waals surface area contributed by atoms with Gasteiger partial charge in [0.25, 0.3) is 0 Å². The monoisotopic (exact) mass is 313 g/mol. The molecule has 108 valence electrons. The first kappa shape index (κ1) is 15.4. The van der Waals surface area contributed by atoms with Crippen molar-refractivity contribution in [3.8, 4) is 0 Å². The van der Waals surface area contributed by atoms with E-state index in [0.29, 0.717) is 17.2 Å². The highest BCUT2D eigenvalue weighted by atomic mass is 35.5. The first-order valence-electron chi connectivity index (χ1n) is 6.29. The highest BCUT2D eigenvalue weighted by Gasteiger charge is 2.14. The van der Waals surface area contributed by atoms with E-state index in [2.05, 4.69) is 5.10 Å². The van der Waals surface area contributed by atoms with Crippen molar-refractivity contribution >= 4 is 23.4 Å². The van der Waals surface area contributed by atoms with Crippen LogP contribution in [0.15, 0.2) is 29.2 Å². The number of aromatic nitrogens is 2. The standard InChI is InChI=1S/C14H17ClFN3S/c1-9-14(15)13(19(2)18-9)7-11(17)8-20-12-5-3-4-10(16)6-12/h3-6,11H,7-8,17H2,1-2H3. The van der Waals surface area contributed by atoms with E-state index in [0.717, 1.165) is 16.3 Å². The molecule has 3 nitrogen and oxygen atoms in total. The molecule has 6 heteroatoms. The van der Waals surface area contributed by atoms with Crippen molar-refractivity contribution in [3.05, 3.63) is 46.5 Å². The second-order valence-electron chi connectivity index (χ2n) is 4.70. The molecule has 1 unspecified atom stereocenters. The molecule has 1 atom stereocenters. The maximum absolute atomic E-state index is 13.1. The van der Waals surface area contributed by atoms with E-state index in [1.807, 2.05) is 20.0 Å². The number of aryl methyl sites for hydroxylation is 2. The zero-order chi connectivity index (χ0) is 14.7. The van der Waals surface area contributed by atoms with Gasteiger partial charge in [-0.3, -0.25) is 4.68 Å². The molecule has 0 fully saturated rings. The van der Waals surface area contributed by atoms with Crippen molar-refractivity contribution in [1.29, 1.82) is 0 Å². The van der Waals surface area contributed by atoms with Crippen molar-refractivity contribution in [3.63, 3.8) is 0 Å². The van der Waals surface area contributed by atoms with Gasteiger partial charge in [0.15, 0.2) is 0 Å². The van der Waals surface area contributed by atoms with Gasteiger partial charge in [0.2, 0.25) is 0 Å². The molecule has 1 heterocycles. The summed E-state index contributed by atoms with van der Waals surface area (Å²) in [6, 6.07) is 6.46. The lowest BCUT2D eigenvalue weighted by Gasteiger charge is -2.12. The zero-order valence-electron chi connectivity index (χ0n) is 11.4. The molecular weight excluding hydrogens is 297 g/mol. The zero-order valence-corrected chi connectivity index (χ0v) is 13.0. The average molecular weight is 314 g/mol. The van der Waals surface area contributed by atoms with E-state index in [-0.39, 0.29) is 11.9 Å². The van der Waals surface area contributed by atoms with Crippen LogP contribution in [0.4, 0.5) is 4.39 Å². The third kappa shape index (κ3) is 3.75. The molecule has 2 N–H and O–H groups in total. The van der Waals surface area contributed by atoms with Gasteiger partial charge in [-0.2, -0.15) is 5.10 Å². The fourth-order valence-electron chi connectivity index (χ4n) is 1.97. The van der Waals surface area contributed by atoms with Crippen molar-refractivity contribution in [2.45, 2.75) is 24.3 Å². The predicted molar refractivity (Wildman–Crippen MR) is 81.8 cm³/mol. The second-order valence-corrected chi connectivity index (χ2v) is 6.17. The highest BCUT2D eigenvalue weighted by Crippen LogP contribution is 2.23. The molecule has 1 aromatic carbocycles. The number of benzene rings is 1. The van der Waals surface area contributed by atoms with Crippen LogP contribution in [-0.4, -0.2) is 21.6 Å². The second kappa shape index (κ2) is 6.61. The Labute approximate surface area is 127 Å². The summed E-state index contributed by atoms with van der Waals surface area (Å²) in [5, 5.41) is 4.95. The largest absolute Gasteiger partial charge is 0.327 e. The van der Waals surface area contributed by atoms with Crippen LogP contribution >= 0.6 is 23.4 Å². The molecule has 0 saturated heterocycles. The molecule has 0 aliphatic heterocycles. The Morgan fingerprint density at radius 1 is 1.50 bits per heavy atom. The van der Waals surface area contributed by atoms with Gasteiger partial charge in [-0.15, -0.1) is 11.8 Å². The average Bonchev–Trinajstić information content (AvgIpc) is 2.63. The van der Waals surface area contributed by atoms with Gasteiger partial charge in [0.1, 0.15) is 5.82 Å². The normalized spacial score (nSPS) is 12.7.